The van der Waals surface area contributed by atoms with Crippen molar-refractivity contribution in [3.05, 3.63) is 50.6 Å². The highest BCUT2D eigenvalue weighted by Crippen LogP contribution is 2.35. The zero-order valence-electron chi connectivity index (χ0n) is 16.4. The highest BCUT2D eigenvalue weighted by Gasteiger charge is 2.26. The third-order valence-corrected chi connectivity index (χ3v) is 6.66. The van der Waals surface area contributed by atoms with E-state index >= 15 is 0 Å². The van der Waals surface area contributed by atoms with E-state index in [0.29, 0.717) is 21.8 Å². The van der Waals surface area contributed by atoms with Crippen LogP contribution in [0.4, 0.5) is 5.69 Å². The van der Waals surface area contributed by atoms with Crippen molar-refractivity contribution in [1.82, 2.24) is 15.0 Å². The summed E-state index contributed by atoms with van der Waals surface area (Å²) in [7, 11) is 0. The van der Waals surface area contributed by atoms with Gasteiger partial charge in [0.25, 0.3) is 5.56 Å². The molecule has 1 aliphatic rings. The van der Waals surface area contributed by atoms with E-state index in [2.05, 4.69) is 29.5 Å². The van der Waals surface area contributed by atoms with Gasteiger partial charge in [0.15, 0.2) is 4.83 Å². The highest BCUT2D eigenvalue weighted by atomic mass is 32.1. The Balaban J connectivity index is 1.63. The van der Waals surface area contributed by atoms with E-state index in [4.69, 9.17) is 0 Å². The summed E-state index contributed by atoms with van der Waals surface area (Å²) >= 11 is 1.57. The standard InChI is InChI=1S/C21H24N4O2S/c1-4-14-6-8-15(9-7-14)22-19(26)13(3)25-21(27)18-16-10-5-12(2)11-17(16)28-20(18)23-24-25/h6-9,12-13H,4-5,10-11H2,1-3H3,(H,22,26)/t12-,13+/m1/s1. The largest absolute Gasteiger partial charge is 0.324 e. The van der Waals surface area contributed by atoms with Crippen LogP contribution in [0.3, 0.4) is 0 Å². The maximum Gasteiger partial charge on any atom is 0.279 e. The van der Waals surface area contributed by atoms with E-state index < -0.39 is 6.04 Å². The summed E-state index contributed by atoms with van der Waals surface area (Å²) in [5.74, 6) is 0.345. The third-order valence-electron chi connectivity index (χ3n) is 5.52. The maximum absolute atomic E-state index is 13.1. The molecule has 2 aromatic heterocycles. The predicted molar refractivity (Wildman–Crippen MR) is 112 cm³/mol. The minimum Gasteiger partial charge on any atom is -0.324 e. The second-order valence-electron chi connectivity index (χ2n) is 7.59. The van der Waals surface area contributed by atoms with Crippen LogP contribution in [0.15, 0.2) is 29.1 Å². The molecule has 0 spiro atoms. The van der Waals surface area contributed by atoms with Gasteiger partial charge < -0.3 is 5.32 Å². The van der Waals surface area contributed by atoms with Crippen LogP contribution in [-0.2, 0) is 24.1 Å². The van der Waals surface area contributed by atoms with E-state index in [1.165, 1.54) is 15.1 Å². The van der Waals surface area contributed by atoms with Gasteiger partial charge >= 0.3 is 0 Å². The number of thiophene rings is 1. The average molecular weight is 397 g/mol. The van der Waals surface area contributed by atoms with Crippen molar-refractivity contribution in [2.24, 2.45) is 5.92 Å². The summed E-state index contributed by atoms with van der Waals surface area (Å²) in [6.07, 6.45) is 3.89. The number of anilines is 1. The number of benzene rings is 1. The smallest absolute Gasteiger partial charge is 0.279 e. The molecule has 1 aromatic carbocycles. The average Bonchev–Trinajstić information content (AvgIpc) is 3.06. The number of carbonyl (C=O) groups is 1. The molecule has 2 heterocycles. The Labute approximate surface area is 167 Å². The van der Waals surface area contributed by atoms with Crippen LogP contribution in [0.1, 0.15) is 49.2 Å². The first kappa shape index (κ1) is 18.8. The molecule has 1 amide bonds. The number of amides is 1. The Morgan fingerprint density at radius 2 is 2.11 bits per heavy atom. The molecular weight excluding hydrogens is 372 g/mol. The Morgan fingerprint density at radius 3 is 2.82 bits per heavy atom. The molecule has 0 bridgehead atoms. The monoisotopic (exact) mass is 396 g/mol. The van der Waals surface area contributed by atoms with Crippen molar-refractivity contribution in [2.45, 2.75) is 52.5 Å². The van der Waals surface area contributed by atoms with Crippen LogP contribution in [0, 0.1) is 5.92 Å². The highest BCUT2D eigenvalue weighted by molar-refractivity contribution is 7.18. The molecule has 0 saturated heterocycles. The van der Waals surface area contributed by atoms with Crippen molar-refractivity contribution in [3.8, 4) is 0 Å². The summed E-state index contributed by atoms with van der Waals surface area (Å²) in [5.41, 5.74) is 2.80. The van der Waals surface area contributed by atoms with Gasteiger partial charge in [0.1, 0.15) is 6.04 Å². The normalized spacial score (nSPS) is 17.3. The van der Waals surface area contributed by atoms with E-state index in [-0.39, 0.29) is 11.5 Å². The van der Waals surface area contributed by atoms with Crippen LogP contribution in [0.2, 0.25) is 0 Å². The lowest BCUT2D eigenvalue weighted by atomic mass is 9.89. The van der Waals surface area contributed by atoms with Gasteiger partial charge in [0.05, 0.1) is 5.39 Å². The number of nitrogens with one attached hydrogen (secondary N) is 1. The molecule has 0 radical (unpaired) electrons. The SMILES string of the molecule is CCc1ccc(NC(=O)[C@H](C)n2nnc3sc4c(c3c2=O)CC[C@@H](C)C4)cc1. The molecular formula is C21H24N4O2S. The summed E-state index contributed by atoms with van der Waals surface area (Å²) in [5, 5.41) is 11.8. The molecule has 4 rings (SSSR count). The zero-order chi connectivity index (χ0) is 19.8. The van der Waals surface area contributed by atoms with E-state index in [0.717, 1.165) is 31.2 Å². The summed E-state index contributed by atoms with van der Waals surface area (Å²) in [6.45, 7) is 6.00. The maximum atomic E-state index is 13.1. The third kappa shape index (κ3) is 3.35. The Hall–Kier alpha value is -2.54. The van der Waals surface area contributed by atoms with Crippen molar-refractivity contribution in [3.63, 3.8) is 0 Å². The van der Waals surface area contributed by atoms with Gasteiger partial charge in [-0.1, -0.05) is 31.2 Å². The molecule has 1 N–H and O–H groups in total. The van der Waals surface area contributed by atoms with Crippen LogP contribution < -0.4 is 10.9 Å². The van der Waals surface area contributed by atoms with E-state index in [9.17, 15) is 9.59 Å². The predicted octanol–water partition coefficient (Wildman–Crippen LogP) is 3.74. The van der Waals surface area contributed by atoms with Gasteiger partial charge in [0.2, 0.25) is 5.91 Å². The van der Waals surface area contributed by atoms with E-state index in [1.54, 1.807) is 18.3 Å². The van der Waals surface area contributed by atoms with Gasteiger partial charge in [-0.2, -0.15) is 4.68 Å². The molecule has 2 atom stereocenters. The van der Waals surface area contributed by atoms with E-state index in [1.807, 2.05) is 24.3 Å². The molecule has 0 unspecified atom stereocenters. The fraction of sp³-hybridized carbons (Fsp3) is 0.429. The van der Waals surface area contributed by atoms with Crippen LogP contribution in [0.25, 0.3) is 10.2 Å². The fourth-order valence-electron chi connectivity index (χ4n) is 3.71. The van der Waals surface area contributed by atoms with Gasteiger partial charge in [-0.15, -0.1) is 16.4 Å². The summed E-state index contributed by atoms with van der Waals surface area (Å²) in [6, 6.07) is 6.97. The zero-order valence-corrected chi connectivity index (χ0v) is 17.2. The van der Waals surface area contributed by atoms with Crippen molar-refractivity contribution >= 4 is 33.1 Å². The quantitative estimate of drug-likeness (QED) is 0.729. The van der Waals surface area contributed by atoms with Gasteiger partial charge in [-0.25, -0.2) is 0 Å². The molecule has 7 heteroatoms. The lowest BCUT2D eigenvalue weighted by Gasteiger charge is -2.17. The number of aryl methyl sites for hydroxylation is 2. The molecule has 1 aliphatic carbocycles. The molecule has 6 nitrogen and oxygen atoms in total. The number of aromatic nitrogens is 3. The number of fused-ring (bicyclic) bond motifs is 3. The van der Waals surface area contributed by atoms with Crippen molar-refractivity contribution in [1.29, 1.82) is 0 Å². The second-order valence-corrected chi connectivity index (χ2v) is 8.67. The van der Waals surface area contributed by atoms with Crippen molar-refractivity contribution < 1.29 is 4.79 Å². The lowest BCUT2D eigenvalue weighted by Crippen LogP contribution is -2.34. The number of carbonyl (C=O) groups excluding carboxylic acids is 1. The molecule has 0 aliphatic heterocycles. The molecule has 0 fully saturated rings. The lowest BCUT2D eigenvalue weighted by molar-refractivity contribution is -0.119. The minimum atomic E-state index is -0.742. The first-order valence-electron chi connectivity index (χ1n) is 9.77. The Morgan fingerprint density at radius 1 is 1.36 bits per heavy atom. The van der Waals surface area contributed by atoms with Crippen molar-refractivity contribution in [2.75, 3.05) is 5.32 Å². The Kier molecular flexibility index (Phi) is 5.02. The van der Waals surface area contributed by atoms with Crippen LogP contribution >= 0.6 is 11.3 Å². The number of rotatable bonds is 4. The van der Waals surface area contributed by atoms with Crippen LogP contribution in [-0.4, -0.2) is 20.9 Å². The summed E-state index contributed by atoms with van der Waals surface area (Å²) in [4.78, 5) is 27.7. The molecule has 146 valence electrons. The molecule has 28 heavy (non-hydrogen) atoms. The number of nitrogens with zero attached hydrogens (tertiary/aromatic N) is 3. The second kappa shape index (κ2) is 7.47. The number of hydrogen-bond acceptors (Lipinski definition) is 5. The Bertz CT molecular complexity index is 1080. The van der Waals surface area contributed by atoms with Gasteiger partial charge in [-0.05, 0) is 61.8 Å². The fourth-order valence-corrected chi connectivity index (χ4v) is 5.02. The topological polar surface area (TPSA) is 76.9 Å². The van der Waals surface area contributed by atoms with Gasteiger partial charge in [0, 0.05) is 10.6 Å². The minimum absolute atomic E-state index is 0.221. The first-order chi connectivity index (χ1) is 13.5. The molecule has 0 saturated carbocycles. The first-order valence-corrected chi connectivity index (χ1v) is 10.6. The van der Waals surface area contributed by atoms with Crippen LogP contribution in [0.5, 0.6) is 0 Å². The molecule has 3 aromatic rings. The summed E-state index contributed by atoms with van der Waals surface area (Å²) < 4.78 is 1.21. The number of hydrogen-bond donors (Lipinski definition) is 1. The van der Waals surface area contributed by atoms with Gasteiger partial charge in [-0.3, -0.25) is 9.59 Å².